The number of rotatable bonds is 6. The van der Waals surface area contributed by atoms with E-state index in [1.54, 1.807) is 31.2 Å². The Hall–Kier alpha value is -3.48. The van der Waals surface area contributed by atoms with E-state index in [4.69, 9.17) is 4.74 Å². The smallest absolute Gasteiger partial charge is 0.338 e. The molecular formula is C20H21N5O2. The van der Waals surface area contributed by atoms with Gasteiger partial charge in [-0.1, -0.05) is 12.1 Å². The summed E-state index contributed by atoms with van der Waals surface area (Å²) in [5.74, 6) is 0.603. The summed E-state index contributed by atoms with van der Waals surface area (Å²) in [6, 6.07) is 13.0. The maximum absolute atomic E-state index is 11.7. The molecule has 7 nitrogen and oxygen atoms in total. The van der Waals surface area contributed by atoms with Crippen LogP contribution in [0.25, 0.3) is 0 Å². The number of aryl methyl sites for hydroxylation is 1. The average molecular weight is 363 g/mol. The standard InChI is InChI=1S/C20H21N5O2/c1-4-27-19(26)15-8-10-16(11-9-15)22-18-12-21-25-20(24-18)23-17-7-5-6-13(2)14(17)3/h5-12H,4H2,1-3H3,(H2,22,23,24,25). The van der Waals surface area contributed by atoms with Gasteiger partial charge in [0.25, 0.3) is 0 Å². The Kier molecular flexibility index (Phi) is 5.61. The highest BCUT2D eigenvalue weighted by molar-refractivity contribution is 5.89. The molecule has 138 valence electrons. The summed E-state index contributed by atoms with van der Waals surface area (Å²) in [6.45, 7) is 6.22. The number of benzene rings is 2. The minimum atomic E-state index is -0.340. The summed E-state index contributed by atoms with van der Waals surface area (Å²) >= 11 is 0. The minimum Gasteiger partial charge on any atom is -0.462 e. The molecule has 0 spiro atoms. The van der Waals surface area contributed by atoms with Crippen molar-refractivity contribution in [1.29, 1.82) is 0 Å². The number of carbonyl (C=O) groups excluding carboxylic acids is 1. The Labute approximate surface area is 157 Å². The van der Waals surface area contributed by atoms with Crippen molar-refractivity contribution < 1.29 is 9.53 Å². The van der Waals surface area contributed by atoms with Crippen molar-refractivity contribution in [3.63, 3.8) is 0 Å². The van der Waals surface area contributed by atoms with Crippen LogP contribution in [0.3, 0.4) is 0 Å². The second-order valence-corrected chi connectivity index (χ2v) is 5.96. The summed E-state index contributed by atoms with van der Waals surface area (Å²) in [6.07, 6.45) is 1.54. The molecule has 0 radical (unpaired) electrons. The fourth-order valence-electron chi connectivity index (χ4n) is 2.48. The van der Waals surface area contributed by atoms with Gasteiger partial charge < -0.3 is 15.4 Å². The molecule has 0 fully saturated rings. The number of nitrogens with zero attached hydrogens (tertiary/aromatic N) is 3. The van der Waals surface area contributed by atoms with Crippen molar-refractivity contribution in [3.05, 3.63) is 65.4 Å². The Morgan fingerprint density at radius 2 is 1.85 bits per heavy atom. The van der Waals surface area contributed by atoms with Crippen molar-refractivity contribution in [1.82, 2.24) is 15.2 Å². The highest BCUT2D eigenvalue weighted by Gasteiger charge is 2.07. The number of hydrogen-bond donors (Lipinski definition) is 2. The minimum absolute atomic E-state index is 0.340. The number of esters is 1. The van der Waals surface area contributed by atoms with Crippen molar-refractivity contribution in [2.45, 2.75) is 20.8 Å². The predicted octanol–water partition coefficient (Wildman–Crippen LogP) is 4.15. The van der Waals surface area contributed by atoms with E-state index >= 15 is 0 Å². The Balaban J connectivity index is 1.72. The van der Waals surface area contributed by atoms with Crippen LogP contribution < -0.4 is 10.6 Å². The molecule has 1 aromatic heterocycles. The Bertz CT molecular complexity index is 941. The molecule has 3 aromatic rings. The molecule has 2 aromatic carbocycles. The fourth-order valence-corrected chi connectivity index (χ4v) is 2.48. The fraction of sp³-hybridized carbons (Fsp3) is 0.200. The normalized spacial score (nSPS) is 10.3. The molecule has 0 aliphatic rings. The van der Waals surface area contributed by atoms with Crippen LogP contribution in [-0.2, 0) is 4.74 Å². The average Bonchev–Trinajstić information content (AvgIpc) is 2.67. The van der Waals surface area contributed by atoms with Crippen LogP contribution in [0.15, 0.2) is 48.7 Å². The molecule has 0 unspecified atom stereocenters. The zero-order chi connectivity index (χ0) is 19.2. The lowest BCUT2D eigenvalue weighted by atomic mass is 10.1. The van der Waals surface area contributed by atoms with E-state index < -0.39 is 0 Å². The van der Waals surface area contributed by atoms with Gasteiger partial charge in [0.05, 0.1) is 18.4 Å². The molecule has 3 rings (SSSR count). The van der Waals surface area contributed by atoms with Crippen molar-refractivity contribution in [2.75, 3.05) is 17.2 Å². The molecule has 0 aliphatic carbocycles. The highest BCUT2D eigenvalue weighted by atomic mass is 16.5. The van der Waals surface area contributed by atoms with Gasteiger partial charge in [-0.15, -0.1) is 5.10 Å². The molecule has 0 amide bonds. The largest absolute Gasteiger partial charge is 0.462 e. The zero-order valence-corrected chi connectivity index (χ0v) is 15.5. The first-order valence-electron chi connectivity index (χ1n) is 8.64. The summed E-state index contributed by atoms with van der Waals surface area (Å²) < 4.78 is 4.98. The predicted molar refractivity (Wildman–Crippen MR) is 105 cm³/mol. The van der Waals surface area contributed by atoms with E-state index in [1.165, 1.54) is 11.8 Å². The van der Waals surface area contributed by atoms with E-state index in [2.05, 4.69) is 38.8 Å². The summed E-state index contributed by atoms with van der Waals surface area (Å²) in [5, 5.41) is 14.4. The third-order valence-corrected chi connectivity index (χ3v) is 4.08. The molecule has 2 N–H and O–H groups in total. The van der Waals surface area contributed by atoms with Gasteiger partial charge in [-0.05, 0) is 62.2 Å². The topological polar surface area (TPSA) is 89.0 Å². The highest BCUT2D eigenvalue weighted by Crippen LogP contribution is 2.22. The first-order valence-corrected chi connectivity index (χ1v) is 8.64. The van der Waals surface area contributed by atoms with Crippen LogP contribution in [-0.4, -0.2) is 27.8 Å². The maximum atomic E-state index is 11.7. The van der Waals surface area contributed by atoms with Crippen LogP contribution in [0, 0.1) is 13.8 Å². The second kappa shape index (κ2) is 8.27. The number of anilines is 4. The third-order valence-electron chi connectivity index (χ3n) is 4.08. The van der Waals surface area contributed by atoms with Gasteiger partial charge in [0.2, 0.25) is 5.95 Å². The molecule has 0 saturated carbocycles. The summed E-state index contributed by atoms with van der Waals surface area (Å²) in [4.78, 5) is 16.1. The van der Waals surface area contributed by atoms with Crippen molar-refractivity contribution >= 4 is 29.1 Å². The van der Waals surface area contributed by atoms with E-state index in [-0.39, 0.29) is 5.97 Å². The van der Waals surface area contributed by atoms with Gasteiger partial charge in [-0.3, -0.25) is 0 Å². The molecule has 0 saturated heterocycles. The van der Waals surface area contributed by atoms with Crippen LogP contribution in [0.5, 0.6) is 0 Å². The van der Waals surface area contributed by atoms with E-state index in [9.17, 15) is 4.79 Å². The van der Waals surface area contributed by atoms with Gasteiger partial charge in [0, 0.05) is 11.4 Å². The SMILES string of the molecule is CCOC(=O)c1ccc(Nc2cnnc(Nc3cccc(C)c3C)n2)cc1. The van der Waals surface area contributed by atoms with Crippen LogP contribution in [0.2, 0.25) is 0 Å². The number of carbonyl (C=O) groups is 1. The number of aromatic nitrogens is 3. The Morgan fingerprint density at radius 3 is 2.59 bits per heavy atom. The number of ether oxygens (including phenoxy) is 1. The first kappa shape index (κ1) is 18.3. The van der Waals surface area contributed by atoms with Gasteiger partial charge >= 0.3 is 5.97 Å². The summed E-state index contributed by atoms with van der Waals surface area (Å²) in [5.41, 5.74) is 4.53. The molecule has 0 atom stereocenters. The van der Waals surface area contributed by atoms with Crippen LogP contribution >= 0.6 is 0 Å². The van der Waals surface area contributed by atoms with Gasteiger partial charge in [0.1, 0.15) is 0 Å². The van der Waals surface area contributed by atoms with Gasteiger partial charge in [-0.2, -0.15) is 10.1 Å². The zero-order valence-electron chi connectivity index (χ0n) is 15.5. The number of hydrogen-bond acceptors (Lipinski definition) is 7. The summed E-state index contributed by atoms with van der Waals surface area (Å²) in [7, 11) is 0. The Morgan fingerprint density at radius 1 is 1.07 bits per heavy atom. The van der Waals surface area contributed by atoms with E-state index in [0.717, 1.165) is 16.9 Å². The lowest BCUT2D eigenvalue weighted by Crippen LogP contribution is -2.05. The van der Waals surface area contributed by atoms with Crippen molar-refractivity contribution in [2.24, 2.45) is 0 Å². The third kappa shape index (κ3) is 4.58. The quantitative estimate of drug-likeness (QED) is 0.636. The molecule has 1 heterocycles. The van der Waals surface area contributed by atoms with Crippen LogP contribution in [0.1, 0.15) is 28.4 Å². The maximum Gasteiger partial charge on any atom is 0.338 e. The first-order chi connectivity index (χ1) is 13.1. The molecule has 0 bridgehead atoms. The van der Waals surface area contributed by atoms with Gasteiger partial charge in [-0.25, -0.2) is 4.79 Å². The lowest BCUT2D eigenvalue weighted by molar-refractivity contribution is 0.0526. The van der Waals surface area contributed by atoms with E-state index in [1.807, 2.05) is 19.1 Å². The monoisotopic (exact) mass is 363 g/mol. The van der Waals surface area contributed by atoms with Crippen molar-refractivity contribution in [3.8, 4) is 0 Å². The molecule has 0 aliphatic heterocycles. The number of nitrogens with one attached hydrogen (secondary N) is 2. The lowest BCUT2D eigenvalue weighted by Gasteiger charge is -2.11. The second-order valence-electron chi connectivity index (χ2n) is 5.96. The van der Waals surface area contributed by atoms with Gasteiger partial charge in [0.15, 0.2) is 5.82 Å². The molecule has 27 heavy (non-hydrogen) atoms. The molecule has 7 heteroatoms. The van der Waals surface area contributed by atoms with Crippen LogP contribution in [0.4, 0.5) is 23.1 Å². The van der Waals surface area contributed by atoms with E-state index in [0.29, 0.717) is 23.9 Å². The molecular weight excluding hydrogens is 342 g/mol.